The van der Waals surface area contributed by atoms with Gasteiger partial charge in [0.15, 0.2) is 0 Å². The summed E-state index contributed by atoms with van der Waals surface area (Å²) in [5, 5.41) is 3.28. The number of nitrogens with one attached hydrogen (secondary N) is 1. The summed E-state index contributed by atoms with van der Waals surface area (Å²) in [4.78, 5) is 2.57. The van der Waals surface area contributed by atoms with Crippen LogP contribution in [0.2, 0.25) is 0 Å². The van der Waals surface area contributed by atoms with Gasteiger partial charge in [-0.1, -0.05) is 12.1 Å². The summed E-state index contributed by atoms with van der Waals surface area (Å²) in [6.45, 7) is 6.00. The first-order valence-electron chi connectivity index (χ1n) is 6.03. The first-order valence-corrected chi connectivity index (χ1v) is 6.85. The van der Waals surface area contributed by atoms with Gasteiger partial charge in [-0.15, -0.1) is 11.3 Å². The van der Waals surface area contributed by atoms with E-state index in [0.717, 1.165) is 5.56 Å². The quantitative estimate of drug-likeness (QED) is 0.878. The molecule has 0 spiro atoms. The lowest BCUT2D eigenvalue weighted by Gasteiger charge is -2.17. The molecular formula is C15H18FNS. The largest absolute Gasteiger partial charge is 0.309 e. The van der Waals surface area contributed by atoms with Gasteiger partial charge in [-0.25, -0.2) is 4.39 Å². The zero-order chi connectivity index (χ0) is 13.3. The van der Waals surface area contributed by atoms with E-state index in [0.29, 0.717) is 5.56 Å². The molecule has 0 aliphatic carbocycles. The van der Waals surface area contributed by atoms with Gasteiger partial charge in [0, 0.05) is 9.75 Å². The number of rotatable bonds is 3. The van der Waals surface area contributed by atoms with Crippen molar-refractivity contribution < 1.29 is 4.39 Å². The van der Waals surface area contributed by atoms with Crippen LogP contribution in [0.1, 0.15) is 32.5 Å². The van der Waals surface area contributed by atoms with Crippen LogP contribution in [0.4, 0.5) is 4.39 Å². The standard InChI is InChI=1S/C15H18FNS/c1-9-5-6-12(8-14(9)16)15(17-4)13-7-10(2)18-11(13)3/h5-8,15,17H,1-4H3. The second-order valence-electron chi connectivity index (χ2n) is 4.60. The minimum absolute atomic E-state index is 0.0602. The van der Waals surface area contributed by atoms with Crippen LogP contribution in [0, 0.1) is 26.6 Å². The summed E-state index contributed by atoms with van der Waals surface area (Å²) in [5.74, 6) is -0.141. The SMILES string of the molecule is CNC(c1ccc(C)c(F)c1)c1cc(C)sc1C. The molecule has 0 aliphatic rings. The Hall–Kier alpha value is -1.19. The molecule has 1 N–H and O–H groups in total. The number of aryl methyl sites for hydroxylation is 3. The summed E-state index contributed by atoms with van der Waals surface area (Å²) in [7, 11) is 1.91. The van der Waals surface area contributed by atoms with Gasteiger partial charge in [0.05, 0.1) is 6.04 Å². The second kappa shape index (κ2) is 5.21. The van der Waals surface area contributed by atoms with Crippen molar-refractivity contribution in [1.29, 1.82) is 0 Å². The molecule has 0 amide bonds. The van der Waals surface area contributed by atoms with Gasteiger partial charge in [0.2, 0.25) is 0 Å². The van der Waals surface area contributed by atoms with Crippen LogP contribution < -0.4 is 5.32 Å². The normalized spacial score (nSPS) is 12.7. The lowest BCUT2D eigenvalue weighted by molar-refractivity contribution is 0.608. The molecule has 1 heterocycles. The maximum atomic E-state index is 13.7. The molecule has 2 aromatic rings. The molecular weight excluding hydrogens is 245 g/mol. The summed E-state index contributed by atoms with van der Waals surface area (Å²) in [6, 6.07) is 7.70. The molecule has 1 aromatic carbocycles. The van der Waals surface area contributed by atoms with Gasteiger partial charge in [-0.05, 0) is 56.6 Å². The average Bonchev–Trinajstić information content (AvgIpc) is 2.64. The van der Waals surface area contributed by atoms with Gasteiger partial charge >= 0.3 is 0 Å². The fraction of sp³-hybridized carbons (Fsp3) is 0.333. The molecule has 1 nitrogen and oxygen atoms in total. The molecule has 0 radical (unpaired) electrons. The molecule has 0 saturated carbocycles. The van der Waals surface area contributed by atoms with Crippen LogP contribution >= 0.6 is 11.3 Å². The minimum Gasteiger partial charge on any atom is -0.309 e. The van der Waals surface area contributed by atoms with Crippen molar-refractivity contribution in [3.05, 3.63) is 56.5 Å². The van der Waals surface area contributed by atoms with Crippen LogP contribution in [-0.2, 0) is 0 Å². The molecule has 1 unspecified atom stereocenters. The molecule has 0 fully saturated rings. The highest BCUT2D eigenvalue weighted by atomic mass is 32.1. The zero-order valence-electron chi connectivity index (χ0n) is 11.2. The third-order valence-electron chi connectivity index (χ3n) is 3.21. The van der Waals surface area contributed by atoms with E-state index in [1.165, 1.54) is 15.3 Å². The number of hydrogen-bond donors (Lipinski definition) is 1. The Labute approximate surface area is 112 Å². The third kappa shape index (κ3) is 2.47. The Bertz CT molecular complexity index is 560. The summed E-state index contributed by atoms with van der Waals surface area (Å²) >= 11 is 1.78. The predicted molar refractivity (Wildman–Crippen MR) is 75.8 cm³/mol. The summed E-state index contributed by atoms with van der Waals surface area (Å²) in [5.41, 5.74) is 2.90. The van der Waals surface area contributed by atoms with Crippen LogP contribution in [0.5, 0.6) is 0 Å². The number of thiophene rings is 1. The van der Waals surface area contributed by atoms with Gasteiger partial charge in [0.1, 0.15) is 5.82 Å². The van der Waals surface area contributed by atoms with Crippen LogP contribution in [0.25, 0.3) is 0 Å². The highest BCUT2D eigenvalue weighted by Gasteiger charge is 2.17. The molecule has 96 valence electrons. The van der Waals surface area contributed by atoms with E-state index in [1.807, 2.05) is 19.2 Å². The lowest BCUT2D eigenvalue weighted by Crippen LogP contribution is -2.18. The van der Waals surface area contributed by atoms with Crippen molar-refractivity contribution in [3.63, 3.8) is 0 Å². The highest BCUT2D eigenvalue weighted by molar-refractivity contribution is 7.12. The zero-order valence-corrected chi connectivity index (χ0v) is 12.0. The van der Waals surface area contributed by atoms with Gasteiger partial charge in [-0.2, -0.15) is 0 Å². The lowest BCUT2D eigenvalue weighted by atomic mass is 9.98. The fourth-order valence-corrected chi connectivity index (χ4v) is 3.19. The van der Waals surface area contributed by atoms with E-state index in [-0.39, 0.29) is 11.9 Å². The Morgan fingerprint density at radius 1 is 1.17 bits per heavy atom. The van der Waals surface area contributed by atoms with Crippen molar-refractivity contribution in [2.24, 2.45) is 0 Å². The predicted octanol–water partition coefficient (Wildman–Crippen LogP) is 4.12. The Balaban J connectivity index is 2.45. The first kappa shape index (κ1) is 13.2. The molecule has 3 heteroatoms. The van der Waals surface area contributed by atoms with Crippen LogP contribution in [0.15, 0.2) is 24.3 Å². The highest BCUT2D eigenvalue weighted by Crippen LogP contribution is 2.31. The number of halogens is 1. The fourth-order valence-electron chi connectivity index (χ4n) is 2.23. The van der Waals surface area contributed by atoms with Gasteiger partial charge in [-0.3, -0.25) is 0 Å². The van der Waals surface area contributed by atoms with E-state index in [2.05, 4.69) is 25.2 Å². The minimum atomic E-state index is -0.141. The number of benzene rings is 1. The Kier molecular flexibility index (Phi) is 3.83. The van der Waals surface area contributed by atoms with E-state index in [9.17, 15) is 4.39 Å². The van der Waals surface area contributed by atoms with Crippen LogP contribution in [-0.4, -0.2) is 7.05 Å². The van der Waals surface area contributed by atoms with E-state index in [1.54, 1.807) is 24.3 Å². The first-order chi connectivity index (χ1) is 8.52. The van der Waals surface area contributed by atoms with E-state index < -0.39 is 0 Å². The number of hydrogen-bond acceptors (Lipinski definition) is 2. The van der Waals surface area contributed by atoms with Crippen molar-refractivity contribution in [2.75, 3.05) is 7.05 Å². The monoisotopic (exact) mass is 263 g/mol. The smallest absolute Gasteiger partial charge is 0.126 e. The molecule has 0 saturated heterocycles. The van der Waals surface area contributed by atoms with Crippen molar-refractivity contribution in [3.8, 4) is 0 Å². The van der Waals surface area contributed by atoms with Crippen LogP contribution in [0.3, 0.4) is 0 Å². The summed E-state index contributed by atoms with van der Waals surface area (Å²) in [6.07, 6.45) is 0. The Morgan fingerprint density at radius 2 is 1.89 bits per heavy atom. The topological polar surface area (TPSA) is 12.0 Å². The maximum absolute atomic E-state index is 13.7. The summed E-state index contributed by atoms with van der Waals surface area (Å²) < 4.78 is 13.7. The molecule has 18 heavy (non-hydrogen) atoms. The molecule has 1 aromatic heterocycles. The van der Waals surface area contributed by atoms with Crippen molar-refractivity contribution in [1.82, 2.24) is 5.32 Å². The maximum Gasteiger partial charge on any atom is 0.126 e. The molecule has 2 rings (SSSR count). The van der Waals surface area contributed by atoms with Gasteiger partial charge < -0.3 is 5.32 Å². The van der Waals surface area contributed by atoms with Gasteiger partial charge in [0.25, 0.3) is 0 Å². The third-order valence-corrected chi connectivity index (χ3v) is 4.19. The molecule has 1 atom stereocenters. The Morgan fingerprint density at radius 3 is 2.39 bits per heavy atom. The van der Waals surface area contributed by atoms with Crippen molar-refractivity contribution in [2.45, 2.75) is 26.8 Å². The van der Waals surface area contributed by atoms with Crippen molar-refractivity contribution >= 4 is 11.3 Å². The second-order valence-corrected chi connectivity index (χ2v) is 6.06. The van der Waals surface area contributed by atoms with E-state index >= 15 is 0 Å². The average molecular weight is 263 g/mol. The van der Waals surface area contributed by atoms with E-state index in [4.69, 9.17) is 0 Å². The molecule has 0 aliphatic heterocycles. The molecule has 0 bridgehead atoms.